The monoisotopic (exact) mass is 524 g/mol. The number of hydrogen-bond acceptors (Lipinski definition) is 6. The molecule has 1 atom stereocenters. The molecule has 3 aromatic rings. The number of carbonyl (C=O) groups is 2. The molecular weight excluding hydrogens is 499 g/mol. The summed E-state index contributed by atoms with van der Waals surface area (Å²) in [5.74, 6) is -1.22. The summed E-state index contributed by atoms with van der Waals surface area (Å²) in [6.07, 6.45) is 3.65. The Morgan fingerprint density at radius 1 is 1.03 bits per heavy atom. The molecule has 2 amide bonds. The molecule has 0 fully saturated rings. The van der Waals surface area contributed by atoms with Crippen LogP contribution in [0.15, 0.2) is 53.9 Å². The number of hydrogen-bond donors (Lipinski definition) is 0. The predicted molar refractivity (Wildman–Crippen MR) is 141 cm³/mol. The van der Waals surface area contributed by atoms with Crippen LogP contribution in [0, 0.1) is 19.8 Å². The van der Waals surface area contributed by atoms with Gasteiger partial charge in [0, 0.05) is 45.9 Å². The average Bonchev–Trinajstić information content (AvgIpc) is 3.23. The van der Waals surface area contributed by atoms with Gasteiger partial charge in [-0.3, -0.25) is 9.59 Å². The second-order valence-electron chi connectivity index (χ2n) is 9.42. The van der Waals surface area contributed by atoms with E-state index in [9.17, 15) is 9.59 Å². The second-order valence-corrected chi connectivity index (χ2v) is 10.3. The number of anilines is 1. The lowest BCUT2D eigenvalue weighted by Crippen LogP contribution is -2.41. The number of nitrogens with zero attached hydrogens (tertiary/aromatic N) is 4. The maximum absolute atomic E-state index is 13.5. The molecule has 4 rings (SSSR count). The highest BCUT2D eigenvalue weighted by Gasteiger charge is 2.37. The maximum Gasteiger partial charge on any atom is 0.267 e. The zero-order valence-corrected chi connectivity index (χ0v) is 22.2. The van der Waals surface area contributed by atoms with Gasteiger partial charge in [-0.05, 0) is 67.8 Å². The van der Waals surface area contributed by atoms with Crippen LogP contribution >= 0.6 is 23.2 Å². The van der Waals surface area contributed by atoms with E-state index < -0.39 is 17.4 Å². The van der Waals surface area contributed by atoms with Gasteiger partial charge in [0.1, 0.15) is 0 Å². The van der Waals surface area contributed by atoms with Crippen LogP contribution in [0.5, 0.6) is 0 Å². The maximum atomic E-state index is 13.5. The van der Waals surface area contributed by atoms with Crippen molar-refractivity contribution in [1.29, 1.82) is 0 Å². The largest absolute Gasteiger partial charge is 0.384 e. The van der Waals surface area contributed by atoms with Crippen molar-refractivity contribution >= 4 is 46.7 Å². The Kier molecular flexibility index (Phi) is 7.16. The van der Waals surface area contributed by atoms with Crippen molar-refractivity contribution in [2.75, 3.05) is 4.90 Å². The Hall–Kier alpha value is -3.29. The highest BCUT2D eigenvalue weighted by atomic mass is 35.5. The fraction of sp³-hybridized carbons (Fsp3) is 0.296. The molecule has 36 heavy (non-hydrogen) atoms. The van der Waals surface area contributed by atoms with Gasteiger partial charge < -0.3 is 4.84 Å². The fourth-order valence-electron chi connectivity index (χ4n) is 3.96. The van der Waals surface area contributed by atoms with Crippen LogP contribution in [-0.2, 0) is 15.2 Å². The molecule has 0 saturated carbocycles. The number of amides is 2. The quantitative estimate of drug-likeness (QED) is 0.392. The van der Waals surface area contributed by atoms with E-state index in [-0.39, 0.29) is 11.9 Å². The number of carbonyl (C=O) groups excluding carboxylic acids is 2. The summed E-state index contributed by atoms with van der Waals surface area (Å²) < 4.78 is 0. The summed E-state index contributed by atoms with van der Waals surface area (Å²) in [5.41, 5.74) is 3.53. The summed E-state index contributed by atoms with van der Waals surface area (Å²) in [5, 5.41) is 5.36. The minimum Gasteiger partial charge on any atom is -0.384 e. The first-order chi connectivity index (χ1) is 17.0. The van der Waals surface area contributed by atoms with Crippen molar-refractivity contribution in [3.8, 4) is 0 Å². The van der Waals surface area contributed by atoms with Crippen LogP contribution in [-0.4, -0.2) is 27.5 Å². The molecule has 1 aliphatic rings. The minimum atomic E-state index is -0.727. The molecule has 1 unspecified atom stereocenters. The Morgan fingerprint density at radius 2 is 1.67 bits per heavy atom. The normalized spacial score (nSPS) is 17.1. The lowest BCUT2D eigenvalue weighted by atomic mass is 9.88. The summed E-state index contributed by atoms with van der Waals surface area (Å²) in [6, 6.07) is 10.6. The third-order valence-electron chi connectivity index (χ3n) is 6.01. The molecule has 186 valence electrons. The third kappa shape index (κ3) is 5.13. The van der Waals surface area contributed by atoms with Crippen LogP contribution in [0.1, 0.15) is 59.8 Å². The predicted octanol–water partition coefficient (Wildman–Crippen LogP) is 6.27. The molecule has 9 heteroatoms. The van der Waals surface area contributed by atoms with E-state index in [1.807, 2.05) is 39.0 Å². The van der Waals surface area contributed by atoms with Crippen molar-refractivity contribution in [3.63, 3.8) is 0 Å². The molecule has 2 heterocycles. The summed E-state index contributed by atoms with van der Waals surface area (Å²) in [6.45, 7) is 9.04. The molecule has 1 aliphatic heterocycles. The molecule has 0 radical (unpaired) electrons. The number of benzene rings is 2. The smallest absolute Gasteiger partial charge is 0.267 e. The lowest BCUT2D eigenvalue weighted by molar-refractivity contribution is -0.120. The Balaban J connectivity index is 1.61. The van der Waals surface area contributed by atoms with E-state index in [1.54, 1.807) is 44.4 Å². The summed E-state index contributed by atoms with van der Waals surface area (Å²) in [7, 11) is 0. The lowest BCUT2D eigenvalue weighted by Gasteiger charge is -2.23. The zero-order valence-electron chi connectivity index (χ0n) is 20.7. The van der Waals surface area contributed by atoms with E-state index >= 15 is 0 Å². The van der Waals surface area contributed by atoms with Crippen molar-refractivity contribution in [2.24, 2.45) is 11.1 Å². The number of aryl methyl sites for hydroxylation is 2. The van der Waals surface area contributed by atoms with Crippen LogP contribution < -0.4 is 4.90 Å². The topological polar surface area (TPSA) is 84.8 Å². The van der Waals surface area contributed by atoms with Gasteiger partial charge in [-0.2, -0.15) is 0 Å². The van der Waals surface area contributed by atoms with Gasteiger partial charge in [-0.15, -0.1) is 0 Å². The van der Waals surface area contributed by atoms with Crippen molar-refractivity contribution in [3.05, 3.63) is 86.7 Å². The van der Waals surface area contributed by atoms with E-state index in [0.717, 1.165) is 27.3 Å². The number of halogens is 2. The van der Waals surface area contributed by atoms with Gasteiger partial charge in [0.2, 0.25) is 11.9 Å². The van der Waals surface area contributed by atoms with Gasteiger partial charge >= 0.3 is 0 Å². The summed E-state index contributed by atoms with van der Waals surface area (Å²) in [4.78, 5) is 41.8. The van der Waals surface area contributed by atoms with Crippen molar-refractivity contribution in [2.45, 2.75) is 46.6 Å². The van der Waals surface area contributed by atoms with Gasteiger partial charge in [0.15, 0.2) is 5.60 Å². The van der Waals surface area contributed by atoms with E-state index in [0.29, 0.717) is 27.6 Å². The van der Waals surface area contributed by atoms with Crippen molar-refractivity contribution in [1.82, 2.24) is 9.97 Å². The fourth-order valence-corrected chi connectivity index (χ4v) is 4.49. The zero-order chi connectivity index (χ0) is 26.2. The first kappa shape index (κ1) is 25.8. The Morgan fingerprint density at radius 3 is 2.25 bits per heavy atom. The van der Waals surface area contributed by atoms with Crippen molar-refractivity contribution < 1.29 is 14.4 Å². The van der Waals surface area contributed by atoms with Gasteiger partial charge in [-0.25, -0.2) is 14.9 Å². The van der Waals surface area contributed by atoms with Crippen LogP contribution in [0.2, 0.25) is 10.0 Å². The highest BCUT2D eigenvalue weighted by molar-refractivity contribution is 6.34. The molecular formula is C27H26Cl2N4O3. The summed E-state index contributed by atoms with van der Waals surface area (Å²) >= 11 is 12.4. The Bertz CT molecular complexity index is 1350. The molecule has 2 aromatic carbocycles. The standard InChI is InChI=1S/C27H26Cl2N4O3/c1-15(2)24(34)33(26-30-13-16(3)14-31-26)25(35)22-7-6-18(8-17(22)4)23-12-27(5,36-32-23)19-9-20(28)11-21(29)10-19/h6-11,13-15H,12H2,1-5H3. The SMILES string of the molecule is Cc1cnc(N(C(=O)c2ccc(C3=NOC(C)(c4cc(Cl)cc(Cl)c4)C3)cc2C)C(=O)C(C)C)nc1. The number of oxime groups is 1. The molecule has 0 bridgehead atoms. The van der Waals surface area contributed by atoms with Gasteiger partial charge in [0.25, 0.3) is 5.91 Å². The second kappa shape index (κ2) is 9.99. The average molecular weight is 525 g/mol. The van der Waals surface area contributed by atoms with Crippen LogP contribution in [0.4, 0.5) is 5.95 Å². The number of imide groups is 1. The van der Waals surface area contributed by atoms with Crippen LogP contribution in [0.3, 0.4) is 0 Å². The number of aromatic nitrogens is 2. The number of rotatable bonds is 5. The molecule has 1 aromatic heterocycles. The Labute approximate surface area is 220 Å². The molecule has 0 aliphatic carbocycles. The minimum absolute atomic E-state index is 0.0530. The first-order valence-electron chi connectivity index (χ1n) is 11.5. The molecule has 7 nitrogen and oxygen atoms in total. The molecule has 0 spiro atoms. The molecule has 0 N–H and O–H groups in total. The highest BCUT2D eigenvalue weighted by Crippen LogP contribution is 2.38. The first-order valence-corrected chi connectivity index (χ1v) is 12.2. The van der Waals surface area contributed by atoms with Gasteiger partial charge in [0.05, 0.1) is 5.71 Å². The molecule has 0 saturated heterocycles. The van der Waals surface area contributed by atoms with Gasteiger partial charge in [-0.1, -0.05) is 48.3 Å². The van der Waals surface area contributed by atoms with Crippen LogP contribution in [0.25, 0.3) is 0 Å². The van der Waals surface area contributed by atoms with E-state index in [1.165, 1.54) is 0 Å². The van der Waals surface area contributed by atoms with E-state index in [4.69, 9.17) is 28.0 Å². The van der Waals surface area contributed by atoms with E-state index in [2.05, 4.69) is 15.1 Å². The third-order valence-corrected chi connectivity index (χ3v) is 6.45.